The van der Waals surface area contributed by atoms with Crippen LogP contribution in [0, 0.1) is 0 Å². The van der Waals surface area contributed by atoms with Crippen molar-refractivity contribution in [3.8, 4) is 0 Å². The molecule has 21 heavy (non-hydrogen) atoms. The highest BCUT2D eigenvalue weighted by Crippen LogP contribution is 2.28. The van der Waals surface area contributed by atoms with Gasteiger partial charge in [-0.15, -0.1) is 0 Å². The minimum atomic E-state index is 0.0947. The van der Waals surface area contributed by atoms with Crippen molar-refractivity contribution in [2.24, 2.45) is 5.73 Å². The van der Waals surface area contributed by atoms with Gasteiger partial charge in [-0.25, -0.2) is 0 Å². The Bertz CT molecular complexity index is 570. The topological polar surface area (TPSA) is 42.1 Å². The minimum Gasteiger partial charge on any atom is -0.374 e. The third-order valence-electron chi connectivity index (χ3n) is 3.52. The molecule has 0 aliphatic heterocycles. The van der Waals surface area contributed by atoms with Gasteiger partial charge in [-0.05, 0) is 55.2 Å². The van der Waals surface area contributed by atoms with Crippen molar-refractivity contribution in [1.29, 1.82) is 0 Å². The van der Waals surface area contributed by atoms with Crippen LogP contribution in [0.5, 0.6) is 0 Å². The summed E-state index contributed by atoms with van der Waals surface area (Å²) in [6, 6.07) is 10.2. The van der Waals surface area contributed by atoms with Crippen LogP contribution in [0.15, 0.2) is 42.7 Å². The van der Waals surface area contributed by atoms with Crippen molar-refractivity contribution in [1.82, 2.24) is 4.98 Å². The first-order valence-corrected chi connectivity index (χ1v) is 7.58. The molecule has 2 N–H and O–H groups in total. The lowest BCUT2D eigenvalue weighted by atomic mass is 10.0. The van der Waals surface area contributed by atoms with E-state index in [4.69, 9.17) is 17.3 Å². The summed E-state index contributed by atoms with van der Waals surface area (Å²) in [5.74, 6) is 0. The van der Waals surface area contributed by atoms with E-state index in [1.807, 2.05) is 31.5 Å². The van der Waals surface area contributed by atoms with Crippen molar-refractivity contribution in [3.05, 3.63) is 58.9 Å². The predicted molar refractivity (Wildman–Crippen MR) is 90.0 cm³/mol. The quantitative estimate of drug-likeness (QED) is 0.890. The fraction of sp³-hybridized carbons (Fsp3) is 0.353. The first-order chi connectivity index (χ1) is 10.1. The number of anilines is 1. The van der Waals surface area contributed by atoms with Gasteiger partial charge in [0.05, 0.1) is 0 Å². The fourth-order valence-electron chi connectivity index (χ4n) is 2.40. The zero-order valence-electron chi connectivity index (χ0n) is 12.6. The van der Waals surface area contributed by atoms with Crippen molar-refractivity contribution in [2.75, 3.05) is 18.5 Å². The highest BCUT2D eigenvalue weighted by Gasteiger charge is 2.12. The number of hydrogen-bond donors (Lipinski definition) is 1. The summed E-state index contributed by atoms with van der Waals surface area (Å²) in [7, 11) is 2.09. The van der Waals surface area contributed by atoms with Crippen LogP contribution in [0.4, 0.5) is 5.69 Å². The van der Waals surface area contributed by atoms with E-state index < -0.39 is 0 Å². The van der Waals surface area contributed by atoms with Crippen molar-refractivity contribution < 1.29 is 0 Å². The number of halogens is 1. The average Bonchev–Trinajstić information content (AvgIpc) is 2.47. The Labute approximate surface area is 131 Å². The molecule has 0 saturated heterocycles. The van der Waals surface area contributed by atoms with Crippen LogP contribution in [0.1, 0.15) is 18.1 Å². The molecule has 0 bridgehead atoms. The summed E-state index contributed by atoms with van der Waals surface area (Å²) in [4.78, 5) is 6.28. The summed E-state index contributed by atoms with van der Waals surface area (Å²) < 4.78 is 0. The summed E-state index contributed by atoms with van der Waals surface area (Å²) in [6.45, 7) is 2.93. The van der Waals surface area contributed by atoms with Gasteiger partial charge in [0.15, 0.2) is 0 Å². The lowest BCUT2D eigenvalue weighted by molar-refractivity contribution is 0.733. The van der Waals surface area contributed by atoms with Gasteiger partial charge < -0.3 is 10.6 Å². The average molecular weight is 304 g/mol. The molecule has 1 atom stereocenters. The summed E-state index contributed by atoms with van der Waals surface area (Å²) in [5.41, 5.74) is 9.52. The van der Waals surface area contributed by atoms with Crippen LogP contribution in [0.25, 0.3) is 0 Å². The zero-order valence-corrected chi connectivity index (χ0v) is 13.3. The summed E-state index contributed by atoms with van der Waals surface area (Å²) in [6.07, 6.45) is 5.42. The van der Waals surface area contributed by atoms with E-state index in [1.54, 1.807) is 0 Å². The number of pyridine rings is 1. The normalized spacial score (nSPS) is 12.2. The molecule has 0 aliphatic carbocycles. The lowest BCUT2D eigenvalue weighted by Gasteiger charge is -2.24. The number of rotatable bonds is 6. The Morgan fingerprint density at radius 2 is 1.95 bits per heavy atom. The maximum atomic E-state index is 6.34. The third kappa shape index (κ3) is 4.45. The molecule has 2 rings (SSSR count). The highest BCUT2D eigenvalue weighted by molar-refractivity contribution is 6.31. The Morgan fingerprint density at radius 1 is 1.24 bits per heavy atom. The van der Waals surface area contributed by atoms with E-state index in [2.05, 4.69) is 35.1 Å². The number of nitrogens with zero attached hydrogens (tertiary/aromatic N) is 2. The second-order valence-electron chi connectivity index (χ2n) is 5.45. The first kappa shape index (κ1) is 15.8. The number of nitrogens with two attached hydrogens (primary N) is 1. The molecule has 112 valence electrons. The molecule has 3 nitrogen and oxygen atoms in total. The Hall–Kier alpha value is -1.58. The van der Waals surface area contributed by atoms with Gasteiger partial charge in [0.1, 0.15) is 0 Å². The van der Waals surface area contributed by atoms with Gasteiger partial charge in [0.25, 0.3) is 0 Å². The summed E-state index contributed by atoms with van der Waals surface area (Å²) >= 11 is 6.34. The number of likely N-dealkylation sites (N-methyl/N-ethyl adjacent to an activating group) is 1. The Kier molecular flexibility index (Phi) is 5.59. The van der Waals surface area contributed by atoms with Crippen molar-refractivity contribution in [2.45, 2.75) is 25.8 Å². The van der Waals surface area contributed by atoms with Crippen molar-refractivity contribution >= 4 is 17.3 Å². The molecule has 0 spiro atoms. The molecule has 2 aromatic rings. The number of benzene rings is 1. The van der Waals surface area contributed by atoms with Crippen LogP contribution in [-0.4, -0.2) is 24.6 Å². The van der Waals surface area contributed by atoms with E-state index >= 15 is 0 Å². The molecule has 0 aliphatic rings. The van der Waals surface area contributed by atoms with Crippen LogP contribution in [0.2, 0.25) is 5.02 Å². The molecule has 1 heterocycles. The van der Waals surface area contributed by atoms with Crippen molar-refractivity contribution in [3.63, 3.8) is 0 Å². The largest absolute Gasteiger partial charge is 0.374 e. The Balaban J connectivity index is 2.11. The van der Waals surface area contributed by atoms with Gasteiger partial charge in [-0.2, -0.15) is 0 Å². The molecule has 4 heteroatoms. The highest BCUT2D eigenvalue weighted by atomic mass is 35.5. The van der Waals surface area contributed by atoms with E-state index in [0.29, 0.717) is 0 Å². The molecule has 0 radical (unpaired) electrons. The molecule has 1 unspecified atom stereocenters. The van der Waals surface area contributed by atoms with Gasteiger partial charge in [-0.1, -0.05) is 17.7 Å². The standard InChI is InChI=1S/C17H22ClN3/c1-13(19)12-15-16(18)4-3-5-17(15)21(2)11-8-14-6-9-20-10-7-14/h3-7,9-10,13H,8,11-12,19H2,1-2H3. The van der Waals surface area contributed by atoms with Gasteiger partial charge >= 0.3 is 0 Å². The molecule has 0 amide bonds. The maximum absolute atomic E-state index is 6.34. The minimum absolute atomic E-state index is 0.0947. The SMILES string of the molecule is CC(N)Cc1c(Cl)cccc1N(C)CCc1ccncc1. The maximum Gasteiger partial charge on any atom is 0.0459 e. The molecular formula is C17H22ClN3. The summed E-state index contributed by atoms with van der Waals surface area (Å²) in [5, 5.41) is 0.792. The third-order valence-corrected chi connectivity index (χ3v) is 3.87. The monoisotopic (exact) mass is 303 g/mol. The first-order valence-electron chi connectivity index (χ1n) is 7.21. The molecule has 1 aromatic carbocycles. The lowest BCUT2D eigenvalue weighted by Crippen LogP contribution is -2.24. The Morgan fingerprint density at radius 3 is 2.62 bits per heavy atom. The van der Waals surface area contributed by atoms with Crippen LogP contribution >= 0.6 is 11.6 Å². The van der Waals surface area contributed by atoms with Crippen LogP contribution < -0.4 is 10.6 Å². The van der Waals surface area contributed by atoms with Gasteiger partial charge in [0.2, 0.25) is 0 Å². The molecule has 0 fully saturated rings. The van der Waals surface area contributed by atoms with E-state index in [9.17, 15) is 0 Å². The van der Waals surface area contributed by atoms with E-state index in [-0.39, 0.29) is 6.04 Å². The van der Waals surface area contributed by atoms with E-state index in [0.717, 1.165) is 35.7 Å². The smallest absolute Gasteiger partial charge is 0.0459 e. The zero-order chi connectivity index (χ0) is 15.2. The molecule has 0 saturated carbocycles. The number of aromatic nitrogens is 1. The van der Waals surface area contributed by atoms with Gasteiger partial charge in [0, 0.05) is 42.7 Å². The second kappa shape index (κ2) is 7.43. The van der Waals surface area contributed by atoms with Crippen LogP contribution in [0.3, 0.4) is 0 Å². The number of hydrogen-bond acceptors (Lipinski definition) is 3. The molecular weight excluding hydrogens is 282 g/mol. The second-order valence-corrected chi connectivity index (χ2v) is 5.85. The van der Waals surface area contributed by atoms with Gasteiger partial charge in [-0.3, -0.25) is 4.98 Å². The van der Waals surface area contributed by atoms with E-state index in [1.165, 1.54) is 5.56 Å². The van der Waals surface area contributed by atoms with Crippen LogP contribution in [-0.2, 0) is 12.8 Å². The predicted octanol–water partition coefficient (Wildman–Crippen LogP) is 3.30. The molecule has 1 aromatic heterocycles. The fourth-order valence-corrected chi connectivity index (χ4v) is 2.64.